The van der Waals surface area contributed by atoms with Crippen molar-refractivity contribution < 1.29 is 19.1 Å². The van der Waals surface area contributed by atoms with Crippen LogP contribution in [0.25, 0.3) is 0 Å². The number of ether oxygens (including phenoxy) is 2. The van der Waals surface area contributed by atoms with E-state index in [1.165, 1.54) is 77.0 Å². The van der Waals surface area contributed by atoms with Gasteiger partial charge in [-0.05, 0) is 89.9 Å². The maximum atomic E-state index is 12.4. The van der Waals surface area contributed by atoms with Crippen molar-refractivity contribution in [3.8, 4) is 0 Å². The summed E-state index contributed by atoms with van der Waals surface area (Å²) in [6.07, 6.45) is 47.2. The summed E-state index contributed by atoms with van der Waals surface area (Å²) in [6, 6.07) is 0. The number of carbonyl (C=O) groups excluding carboxylic acids is 2. The van der Waals surface area contributed by atoms with E-state index in [9.17, 15) is 9.59 Å². The van der Waals surface area contributed by atoms with Gasteiger partial charge in [0.25, 0.3) is 0 Å². The molecule has 0 aromatic heterocycles. The van der Waals surface area contributed by atoms with Gasteiger partial charge in [-0.2, -0.15) is 0 Å². The van der Waals surface area contributed by atoms with Crippen molar-refractivity contribution in [3.05, 3.63) is 48.6 Å². The van der Waals surface area contributed by atoms with Crippen LogP contribution in [0.3, 0.4) is 0 Å². The summed E-state index contributed by atoms with van der Waals surface area (Å²) in [5.41, 5.74) is 0. The van der Waals surface area contributed by atoms with Crippen molar-refractivity contribution in [2.24, 2.45) is 0 Å². The molecule has 0 aromatic carbocycles. The first kappa shape index (κ1) is 43.9. The Morgan fingerprint density at radius 3 is 1.30 bits per heavy atom. The highest BCUT2D eigenvalue weighted by molar-refractivity contribution is 5.70. The van der Waals surface area contributed by atoms with Gasteiger partial charge in [0.2, 0.25) is 0 Å². The minimum atomic E-state index is -0.320. The zero-order chi connectivity index (χ0) is 33.6. The first-order chi connectivity index (χ1) is 22.6. The van der Waals surface area contributed by atoms with Gasteiger partial charge in [0, 0.05) is 12.8 Å². The Labute approximate surface area is 285 Å². The molecule has 1 atom stereocenters. The Balaban J connectivity index is 3.83. The Morgan fingerprint density at radius 1 is 0.457 bits per heavy atom. The minimum Gasteiger partial charge on any atom is -0.462 e. The molecule has 0 fully saturated rings. The molecule has 0 spiro atoms. The largest absolute Gasteiger partial charge is 0.462 e. The van der Waals surface area contributed by atoms with Crippen LogP contribution in [0, 0.1) is 0 Å². The Bertz CT molecular complexity index is 779. The van der Waals surface area contributed by atoms with Crippen LogP contribution in [0.2, 0.25) is 0 Å². The quantitative estimate of drug-likeness (QED) is 0.0398. The van der Waals surface area contributed by atoms with Gasteiger partial charge >= 0.3 is 11.9 Å². The van der Waals surface area contributed by atoms with Crippen molar-refractivity contribution in [2.75, 3.05) is 6.61 Å². The molecule has 0 aromatic rings. The predicted molar refractivity (Wildman–Crippen MR) is 199 cm³/mol. The normalized spacial score (nSPS) is 12.7. The van der Waals surface area contributed by atoms with Crippen LogP contribution in [0.1, 0.15) is 194 Å². The van der Waals surface area contributed by atoms with Gasteiger partial charge < -0.3 is 9.47 Å². The summed E-state index contributed by atoms with van der Waals surface area (Å²) in [4.78, 5) is 24.7. The molecule has 0 amide bonds. The molecule has 4 heteroatoms. The van der Waals surface area contributed by atoms with Gasteiger partial charge in [-0.3, -0.25) is 9.59 Å². The lowest BCUT2D eigenvalue weighted by atomic mass is 10.1. The van der Waals surface area contributed by atoms with Crippen LogP contribution < -0.4 is 0 Å². The molecule has 0 bridgehead atoms. The van der Waals surface area contributed by atoms with E-state index in [1.807, 2.05) is 0 Å². The lowest BCUT2D eigenvalue weighted by Gasteiger charge is -2.18. The fourth-order valence-corrected chi connectivity index (χ4v) is 5.27. The molecule has 4 nitrogen and oxygen atoms in total. The molecule has 0 saturated carbocycles. The second-order valence-corrected chi connectivity index (χ2v) is 12.9. The number of allylic oxidation sites excluding steroid dienone is 8. The zero-order valence-corrected chi connectivity index (χ0v) is 30.6. The predicted octanol–water partition coefficient (Wildman–Crippen LogP) is 13.3. The molecule has 0 saturated heterocycles. The highest BCUT2D eigenvalue weighted by Gasteiger charge is 2.16. The molecular weight excluding hydrogens is 568 g/mol. The van der Waals surface area contributed by atoms with E-state index >= 15 is 0 Å². The average Bonchev–Trinajstić information content (AvgIpc) is 3.05. The SMILES string of the molecule is CCCCCC=CCC=CCCCCCCCC(=O)OCC(CCCC)OC(=O)CCCCCCCC=CCC=CCCCCC. The van der Waals surface area contributed by atoms with Gasteiger partial charge in [-0.25, -0.2) is 0 Å². The Morgan fingerprint density at radius 2 is 0.848 bits per heavy atom. The highest BCUT2D eigenvalue weighted by atomic mass is 16.6. The number of carbonyl (C=O) groups is 2. The van der Waals surface area contributed by atoms with Gasteiger partial charge in [0.05, 0.1) is 0 Å². The van der Waals surface area contributed by atoms with Gasteiger partial charge in [-0.1, -0.05) is 140 Å². The number of rotatable bonds is 34. The van der Waals surface area contributed by atoms with Crippen LogP contribution >= 0.6 is 0 Å². The van der Waals surface area contributed by atoms with Gasteiger partial charge in [0.1, 0.15) is 12.7 Å². The lowest BCUT2D eigenvalue weighted by molar-refractivity contribution is -0.159. The molecule has 0 rings (SSSR count). The standard InChI is InChI=1S/C42H74O4/c1-4-7-10-12-14-16-18-20-22-24-26-28-30-32-34-37-41(43)45-39-40(36-9-6-3)46-42(44)38-35-33-31-29-27-25-23-21-19-17-15-13-11-8-5-2/h14-17,20-23,40H,4-13,18-19,24-39H2,1-3H3. The summed E-state index contributed by atoms with van der Waals surface area (Å²) >= 11 is 0. The molecule has 0 heterocycles. The number of esters is 2. The second kappa shape index (κ2) is 37.4. The maximum Gasteiger partial charge on any atom is 0.306 e. The lowest BCUT2D eigenvalue weighted by Crippen LogP contribution is -2.25. The van der Waals surface area contributed by atoms with Crippen molar-refractivity contribution in [3.63, 3.8) is 0 Å². The molecule has 46 heavy (non-hydrogen) atoms. The molecular formula is C42H74O4. The second-order valence-electron chi connectivity index (χ2n) is 12.9. The number of hydrogen-bond donors (Lipinski definition) is 0. The maximum absolute atomic E-state index is 12.4. The van der Waals surface area contributed by atoms with Crippen LogP contribution in [-0.2, 0) is 19.1 Å². The summed E-state index contributed by atoms with van der Waals surface area (Å²) in [5, 5.41) is 0. The van der Waals surface area contributed by atoms with E-state index in [-0.39, 0.29) is 24.6 Å². The summed E-state index contributed by atoms with van der Waals surface area (Å²) < 4.78 is 11.2. The first-order valence-corrected chi connectivity index (χ1v) is 19.6. The zero-order valence-electron chi connectivity index (χ0n) is 30.6. The van der Waals surface area contributed by atoms with E-state index < -0.39 is 0 Å². The van der Waals surface area contributed by atoms with Crippen LogP contribution in [0.15, 0.2) is 48.6 Å². The monoisotopic (exact) mass is 643 g/mol. The van der Waals surface area contributed by atoms with E-state index in [1.54, 1.807) is 0 Å². The molecule has 1 unspecified atom stereocenters. The van der Waals surface area contributed by atoms with E-state index in [0.717, 1.165) is 83.5 Å². The third-order valence-electron chi connectivity index (χ3n) is 8.27. The average molecular weight is 643 g/mol. The molecule has 0 aliphatic carbocycles. The first-order valence-electron chi connectivity index (χ1n) is 19.6. The van der Waals surface area contributed by atoms with Crippen molar-refractivity contribution >= 4 is 11.9 Å². The summed E-state index contributed by atoms with van der Waals surface area (Å²) in [6.45, 7) is 6.80. The minimum absolute atomic E-state index is 0.156. The van der Waals surface area contributed by atoms with Crippen molar-refractivity contribution in [2.45, 2.75) is 200 Å². The molecule has 0 radical (unpaired) electrons. The van der Waals surface area contributed by atoms with Crippen molar-refractivity contribution in [1.29, 1.82) is 0 Å². The van der Waals surface area contributed by atoms with Crippen molar-refractivity contribution in [1.82, 2.24) is 0 Å². The van der Waals surface area contributed by atoms with Crippen LogP contribution in [0.5, 0.6) is 0 Å². The highest BCUT2D eigenvalue weighted by Crippen LogP contribution is 2.13. The molecule has 0 N–H and O–H groups in total. The smallest absolute Gasteiger partial charge is 0.306 e. The molecule has 266 valence electrons. The van der Waals surface area contributed by atoms with Gasteiger partial charge in [0.15, 0.2) is 0 Å². The van der Waals surface area contributed by atoms with E-state index in [4.69, 9.17) is 9.47 Å². The van der Waals surface area contributed by atoms with Gasteiger partial charge in [-0.15, -0.1) is 0 Å². The van der Waals surface area contributed by atoms with E-state index in [0.29, 0.717) is 12.8 Å². The summed E-state index contributed by atoms with van der Waals surface area (Å²) in [7, 11) is 0. The topological polar surface area (TPSA) is 52.6 Å². The fourth-order valence-electron chi connectivity index (χ4n) is 5.27. The van der Waals surface area contributed by atoms with Crippen LogP contribution in [-0.4, -0.2) is 24.6 Å². The Kier molecular flexibility index (Phi) is 35.7. The number of unbranched alkanes of at least 4 members (excludes halogenated alkanes) is 17. The third-order valence-corrected chi connectivity index (χ3v) is 8.27. The number of hydrogen-bond acceptors (Lipinski definition) is 4. The fraction of sp³-hybridized carbons (Fsp3) is 0.762. The van der Waals surface area contributed by atoms with Crippen LogP contribution in [0.4, 0.5) is 0 Å². The Hall–Kier alpha value is -2.10. The summed E-state index contributed by atoms with van der Waals surface area (Å²) in [5.74, 6) is -0.325. The third kappa shape index (κ3) is 34.8. The molecule has 0 aliphatic heterocycles. The molecule has 0 aliphatic rings. The van der Waals surface area contributed by atoms with E-state index in [2.05, 4.69) is 69.4 Å².